The Labute approximate surface area is 124 Å². The Balaban J connectivity index is 1.85. The lowest BCUT2D eigenvalue weighted by Crippen LogP contribution is -2.03. The van der Waals surface area contributed by atoms with Gasteiger partial charge in [-0.3, -0.25) is 4.98 Å². The van der Waals surface area contributed by atoms with Crippen LogP contribution in [0.2, 0.25) is 0 Å². The first-order valence-electron chi connectivity index (χ1n) is 7.00. The summed E-state index contributed by atoms with van der Waals surface area (Å²) in [4.78, 5) is 4.11. The van der Waals surface area contributed by atoms with Crippen LogP contribution in [0.1, 0.15) is 17.0 Å². The van der Waals surface area contributed by atoms with Crippen molar-refractivity contribution < 1.29 is 0 Å². The number of hydrogen-bond donors (Lipinski definition) is 1. The summed E-state index contributed by atoms with van der Waals surface area (Å²) in [6.07, 6.45) is 3.60. The molecule has 0 atom stereocenters. The van der Waals surface area contributed by atoms with E-state index in [-0.39, 0.29) is 0 Å². The Morgan fingerprint density at radius 1 is 1.05 bits per heavy atom. The Morgan fingerprint density at radius 2 is 1.86 bits per heavy atom. The van der Waals surface area contributed by atoms with Crippen LogP contribution in [0.3, 0.4) is 0 Å². The van der Waals surface area contributed by atoms with Crippen molar-refractivity contribution >= 4 is 5.69 Å². The molecule has 1 aromatic carbocycles. The van der Waals surface area contributed by atoms with Gasteiger partial charge in [0.05, 0.1) is 17.1 Å². The lowest BCUT2D eigenvalue weighted by molar-refractivity contribution is 0.833. The molecule has 0 unspecified atom stereocenters. The fraction of sp³-hybridized carbons (Fsp3) is 0.176. The van der Waals surface area contributed by atoms with E-state index in [1.165, 1.54) is 5.56 Å². The maximum atomic E-state index is 4.65. The van der Waals surface area contributed by atoms with Crippen LogP contribution in [-0.4, -0.2) is 14.8 Å². The monoisotopic (exact) mass is 278 g/mol. The number of para-hydroxylation sites is 1. The average molecular weight is 278 g/mol. The maximum absolute atomic E-state index is 4.65. The molecule has 1 N–H and O–H groups in total. The first-order chi connectivity index (χ1) is 10.3. The van der Waals surface area contributed by atoms with Crippen molar-refractivity contribution in [3.05, 3.63) is 71.8 Å². The third-order valence-electron chi connectivity index (χ3n) is 3.57. The second kappa shape index (κ2) is 5.79. The summed E-state index contributed by atoms with van der Waals surface area (Å²) < 4.78 is 2.00. The lowest BCUT2D eigenvalue weighted by Gasteiger charge is -2.07. The van der Waals surface area contributed by atoms with Crippen LogP contribution in [0.15, 0.2) is 54.9 Å². The van der Waals surface area contributed by atoms with E-state index >= 15 is 0 Å². The van der Waals surface area contributed by atoms with Gasteiger partial charge in [-0.1, -0.05) is 18.2 Å². The molecule has 0 saturated heterocycles. The van der Waals surface area contributed by atoms with E-state index in [4.69, 9.17) is 0 Å². The molecular weight excluding hydrogens is 260 g/mol. The van der Waals surface area contributed by atoms with Crippen molar-refractivity contribution in [3.63, 3.8) is 0 Å². The lowest BCUT2D eigenvalue weighted by atomic mass is 10.2. The Kier molecular flexibility index (Phi) is 3.69. The van der Waals surface area contributed by atoms with Crippen molar-refractivity contribution in [3.8, 4) is 5.69 Å². The molecule has 3 rings (SSSR count). The molecule has 0 amide bonds. The molecule has 2 heterocycles. The third-order valence-corrected chi connectivity index (χ3v) is 3.57. The van der Waals surface area contributed by atoms with Gasteiger partial charge in [-0.25, -0.2) is 4.68 Å². The molecule has 0 aliphatic carbocycles. The summed E-state index contributed by atoms with van der Waals surface area (Å²) in [6, 6.07) is 14.1. The summed E-state index contributed by atoms with van der Waals surface area (Å²) in [7, 11) is 0. The van der Waals surface area contributed by atoms with Crippen LogP contribution in [0.5, 0.6) is 0 Å². The number of pyridine rings is 1. The van der Waals surface area contributed by atoms with E-state index in [0.717, 1.165) is 29.3 Å². The van der Waals surface area contributed by atoms with E-state index in [0.29, 0.717) is 0 Å². The normalized spacial score (nSPS) is 10.6. The Morgan fingerprint density at radius 3 is 2.57 bits per heavy atom. The minimum atomic E-state index is 0.746. The second-order valence-corrected chi connectivity index (χ2v) is 4.99. The van der Waals surface area contributed by atoms with Gasteiger partial charge in [0.1, 0.15) is 0 Å². The van der Waals surface area contributed by atoms with Gasteiger partial charge in [0.2, 0.25) is 0 Å². The molecule has 0 fully saturated rings. The number of nitrogens with zero attached hydrogens (tertiary/aromatic N) is 3. The van der Waals surface area contributed by atoms with Crippen molar-refractivity contribution in [1.82, 2.24) is 14.8 Å². The highest BCUT2D eigenvalue weighted by Gasteiger charge is 2.12. The number of hydrogen-bond acceptors (Lipinski definition) is 3. The summed E-state index contributed by atoms with van der Waals surface area (Å²) >= 11 is 0. The van der Waals surface area contributed by atoms with E-state index in [2.05, 4.69) is 34.5 Å². The molecule has 2 aromatic heterocycles. The predicted molar refractivity (Wildman–Crippen MR) is 84.6 cm³/mol. The fourth-order valence-electron chi connectivity index (χ4n) is 2.41. The van der Waals surface area contributed by atoms with Crippen LogP contribution in [0.25, 0.3) is 5.69 Å². The van der Waals surface area contributed by atoms with Gasteiger partial charge < -0.3 is 5.32 Å². The van der Waals surface area contributed by atoms with Crippen LogP contribution in [0, 0.1) is 13.8 Å². The topological polar surface area (TPSA) is 42.7 Å². The molecule has 0 radical (unpaired) electrons. The van der Waals surface area contributed by atoms with Crippen molar-refractivity contribution in [1.29, 1.82) is 0 Å². The van der Waals surface area contributed by atoms with Crippen molar-refractivity contribution in [2.45, 2.75) is 20.4 Å². The standard InChI is InChI=1S/C17H18N4/c1-13-17(12-19-15-7-6-10-18-11-15)14(2)21(20-13)16-8-4-3-5-9-16/h3-11,19H,12H2,1-2H3. The summed E-state index contributed by atoms with van der Waals surface area (Å²) in [5, 5.41) is 8.05. The first-order valence-corrected chi connectivity index (χ1v) is 7.00. The summed E-state index contributed by atoms with van der Waals surface area (Å²) in [5.41, 5.74) is 5.54. The Hall–Kier alpha value is -2.62. The number of aryl methyl sites for hydroxylation is 1. The molecule has 0 bridgehead atoms. The molecule has 4 nitrogen and oxygen atoms in total. The van der Waals surface area contributed by atoms with E-state index in [9.17, 15) is 0 Å². The zero-order valence-corrected chi connectivity index (χ0v) is 12.2. The predicted octanol–water partition coefficient (Wildman–Crippen LogP) is 3.50. The molecule has 0 saturated carbocycles. The molecule has 4 heteroatoms. The number of nitrogens with one attached hydrogen (secondary N) is 1. The van der Waals surface area contributed by atoms with Crippen molar-refractivity contribution in [2.24, 2.45) is 0 Å². The fourth-order valence-corrected chi connectivity index (χ4v) is 2.41. The van der Waals surface area contributed by atoms with Crippen molar-refractivity contribution in [2.75, 3.05) is 5.32 Å². The highest BCUT2D eigenvalue weighted by Crippen LogP contribution is 2.19. The first kappa shape index (κ1) is 13.4. The highest BCUT2D eigenvalue weighted by molar-refractivity contribution is 5.43. The summed E-state index contributed by atoms with van der Waals surface area (Å²) in [5.74, 6) is 0. The summed E-state index contributed by atoms with van der Waals surface area (Å²) in [6.45, 7) is 4.90. The van der Waals surface area contributed by atoms with Crippen LogP contribution >= 0.6 is 0 Å². The van der Waals surface area contributed by atoms with Gasteiger partial charge in [0.25, 0.3) is 0 Å². The number of aromatic nitrogens is 3. The van der Waals surface area contributed by atoms with Crippen LogP contribution < -0.4 is 5.32 Å². The molecule has 0 aliphatic rings. The van der Waals surface area contributed by atoms with Gasteiger partial charge in [-0.05, 0) is 38.1 Å². The van der Waals surface area contributed by atoms with Gasteiger partial charge in [-0.2, -0.15) is 5.10 Å². The second-order valence-electron chi connectivity index (χ2n) is 4.99. The number of rotatable bonds is 4. The minimum absolute atomic E-state index is 0.746. The quantitative estimate of drug-likeness (QED) is 0.794. The zero-order chi connectivity index (χ0) is 14.7. The third kappa shape index (κ3) is 2.79. The van der Waals surface area contributed by atoms with Gasteiger partial charge in [0, 0.05) is 30.2 Å². The molecule has 21 heavy (non-hydrogen) atoms. The Bertz CT molecular complexity index is 717. The maximum Gasteiger partial charge on any atom is 0.0650 e. The SMILES string of the molecule is Cc1nn(-c2ccccc2)c(C)c1CNc1cccnc1. The minimum Gasteiger partial charge on any atom is -0.380 e. The molecule has 0 aliphatic heterocycles. The van der Waals surface area contributed by atoms with E-state index in [1.807, 2.05) is 48.1 Å². The smallest absolute Gasteiger partial charge is 0.0650 e. The molecular formula is C17H18N4. The molecule has 0 spiro atoms. The molecule has 106 valence electrons. The van der Waals surface area contributed by atoms with Crippen LogP contribution in [0.4, 0.5) is 5.69 Å². The van der Waals surface area contributed by atoms with Crippen LogP contribution in [-0.2, 0) is 6.54 Å². The largest absolute Gasteiger partial charge is 0.380 e. The number of benzene rings is 1. The van der Waals surface area contributed by atoms with Gasteiger partial charge >= 0.3 is 0 Å². The average Bonchev–Trinajstić information content (AvgIpc) is 2.82. The van der Waals surface area contributed by atoms with Gasteiger partial charge in [-0.15, -0.1) is 0 Å². The molecule has 3 aromatic rings. The van der Waals surface area contributed by atoms with E-state index < -0.39 is 0 Å². The number of anilines is 1. The highest BCUT2D eigenvalue weighted by atomic mass is 15.3. The zero-order valence-electron chi connectivity index (χ0n) is 12.2. The van der Waals surface area contributed by atoms with E-state index in [1.54, 1.807) is 6.20 Å². The van der Waals surface area contributed by atoms with Gasteiger partial charge in [0.15, 0.2) is 0 Å².